The molecule has 3 aliphatic carbocycles. The second-order valence-electron chi connectivity index (χ2n) is 6.88. The Morgan fingerprint density at radius 3 is 2.65 bits per heavy atom. The molecule has 0 amide bonds. The van der Waals surface area contributed by atoms with Crippen molar-refractivity contribution < 1.29 is 4.74 Å². The zero-order valence-corrected chi connectivity index (χ0v) is 12.2. The van der Waals surface area contributed by atoms with Crippen LogP contribution in [0, 0.1) is 29.6 Å². The SMILES string of the molecule is CC1C2C=CC=CC2C2C=CC(CC3CCCO3)=CC12. The van der Waals surface area contributed by atoms with Crippen molar-refractivity contribution in [3.8, 4) is 0 Å². The number of hydrogen-bond acceptors (Lipinski definition) is 1. The Kier molecular flexibility index (Phi) is 3.18. The second-order valence-corrected chi connectivity index (χ2v) is 6.88. The van der Waals surface area contributed by atoms with Crippen molar-refractivity contribution in [2.24, 2.45) is 29.6 Å². The first-order valence-corrected chi connectivity index (χ1v) is 8.18. The molecule has 0 aromatic rings. The van der Waals surface area contributed by atoms with E-state index >= 15 is 0 Å². The minimum atomic E-state index is 0.473. The van der Waals surface area contributed by atoms with E-state index in [1.54, 1.807) is 0 Å². The maximum absolute atomic E-state index is 5.79. The highest BCUT2D eigenvalue weighted by atomic mass is 16.5. The van der Waals surface area contributed by atoms with Crippen molar-refractivity contribution in [1.82, 2.24) is 0 Å². The van der Waals surface area contributed by atoms with Crippen LogP contribution in [0.2, 0.25) is 0 Å². The molecule has 6 unspecified atom stereocenters. The molecule has 1 nitrogen and oxygen atoms in total. The van der Waals surface area contributed by atoms with Crippen LogP contribution in [0.25, 0.3) is 0 Å². The molecule has 0 spiro atoms. The monoisotopic (exact) mass is 268 g/mol. The van der Waals surface area contributed by atoms with Gasteiger partial charge in [0.2, 0.25) is 0 Å². The van der Waals surface area contributed by atoms with Gasteiger partial charge in [0.05, 0.1) is 6.10 Å². The van der Waals surface area contributed by atoms with Gasteiger partial charge < -0.3 is 4.74 Å². The van der Waals surface area contributed by atoms with E-state index in [1.165, 1.54) is 18.4 Å². The highest BCUT2D eigenvalue weighted by Crippen LogP contribution is 2.51. The first kappa shape index (κ1) is 12.6. The van der Waals surface area contributed by atoms with Crippen molar-refractivity contribution in [1.29, 1.82) is 0 Å². The summed E-state index contributed by atoms with van der Waals surface area (Å²) in [5.74, 6) is 3.65. The van der Waals surface area contributed by atoms with E-state index in [9.17, 15) is 0 Å². The molecule has 20 heavy (non-hydrogen) atoms. The Morgan fingerprint density at radius 1 is 1.05 bits per heavy atom. The molecule has 4 rings (SSSR count). The van der Waals surface area contributed by atoms with E-state index in [0.717, 1.165) is 36.7 Å². The van der Waals surface area contributed by atoms with Gasteiger partial charge in [-0.15, -0.1) is 0 Å². The van der Waals surface area contributed by atoms with Gasteiger partial charge in [-0.2, -0.15) is 0 Å². The zero-order valence-electron chi connectivity index (χ0n) is 12.2. The van der Waals surface area contributed by atoms with Gasteiger partial charge in [0.25, 0.3) is 0 Å². The Hall–Kier alpha value is -1.08. The molecule has 106 valence electrons. The van der Waals surface area contributed by atoms with E-state index in [-0.39, 0.29) is 0 Å². The van der Waals surface area contributed by atoms with Crippen LogP contribution >= 0.6 is 0 Å². The van der Waals surface area contributed by atoms with Crippen LogP contribution in [0.5, 0.6) is 0 Å². The van der Waals surface area contributed by atoms with E-state index in [4.69, 9.17) is 4.74 Å². The molecule has 0 N–H and O–H groups in total. The van der Waals surface area contributed by atoms with E-state index in [2.05, 4.69) is 49.5 Å². The van der Waals surface area contributed by atoms with Crippen LogP contribution in [0.3, 0.4) is 0 Å². The summed E-state index contributed by atoms with van der Waals surface area (Å²) in [7, 11) is 0. The highest BCUT2D eigenvalue weighted by Gasteiger charge is 2.45. The summed E-state index contributed by atoms with van der Waals surface area (Å²) in [5.41, 5.74) is 1.51. The van der Waals surface area contributed by atoms with Gasteiger partial charge in [-0.25, -0.2) is 0 Å². The third-order valence-corrected chi connectivity index (χ3v) is 5.75. The van der Waals surface area contributed by atoms with Crippen molar-refractivity contribution in [2.45, 2.75) is 32.3 Å². The summed E-state index contributed by atoms with van der Waals surface area (Å²) in [4.78, 5) is 0. The molecule has 1 heteroatoms. The standard InChI is InChI=1S/C19H24O/c1-13-16-6-2-3-7-17(16)18-9-8-14(12-19(13)18)11-15-5-4-10-20-15/h2-3,6-9,12-13,15-19H,4-5,10-11H2,1H3. The van der Waals surface area contributed by atoms with Gasteiger partial charge in [-0.05, 0) is 54.4 Å². The second kappa shape index (κ2) is 5.04. The predicted octanol–water partition coefficient (Wildman–Crippen LogP) is 4.29. The van der Waals surface area contributed by atoms with Crippen molar-refractivity contribution in [3.05, 3.63) is 48.1 Å². The zero-order chi connectivity index (χ0) is 13.5. The molecule has 0 aromatic carbocycles. The Balaban J connectivity index is 1.54. The normalized spacial score (nSPS) is 45.4. The summed E-state index contributed by atoms with van der Waals surface area (Å²) >= 11 is 0. The van der Waals surface area contributed by atoms with Gasteiger partial charge in [0.1, 0.15) is 0 Å². The topological polar surface area (TPSA) is 9.23 Å². The summed E-state index contributed by atoms with van der Waals surface area (Å²) in [6.45, 7) is 3.40. The average molecular weight is 268 g/mol. The highest BCUT2D eigenvalue weighted by molar-refractivity contribution is 5.33. The lowest BCUT2D eigenvalue weighted by atomic mass is 9.80. The number of allylic oxidation sites excluding steroid dienone is 7. The lowest BCUT2D eigenvalue weighted by Crippen LogP contribution is -2.17. The number of hydrogen-bond donors (Lipinski definition) is 0. The average Bonchev–Trinajstić information content (AvgIpc) is 3.08. The summed E-state index contributed by atoms with van der Waals surface area (Å²) in [6, 6.07) is 0. The predicted molar refractivity (Wildman–Crippen MR) is 82.2 cm³/mol. The molecule has 6 atom stereocenters. The largest absolute Gasteiger partial charge is 0.378 e. The van der Waals surface area contributed by atoms with Crippen LogP contribution in [0.1, 0.15) is 26.2 Å². The first-order chi connectivity index (χ1) is 9.83. The minimum Gasteiger partial charge on any atom is -0.378 e. The molecule has 1 saturated carbocycles. The van der Waals surface area contributed by atoms with Gasteiger partial charge >= 0.3 is 0 Å². The van der Waals surface area contributed by atoms with Crippen LogP contribution in [-0.2, 0) is 4.74 Å². The molecule has 1 aliphatic heterocycles. The molecule has 2 fully saturated rings. The quantitative estimate of drug-likeness (QED) is 0.726. The molecular weight excluding hydrogens is 244 g/mol. The smallest absolute Gasteiger partial charge is 0.0616 e. The Bertz CT molecular complexity index is 490. The third kappa shape index (κ3) is 2.03. The third-order valence-electron chi connectivity index (χ3n) is 5.75. The molecule has 0 bridgehead atoms. The van der Waals surface area contributed by atoms with E-state index < -0.39 is 0 Å². The van der Waals surface area contributed by atoms with Gasteiger partial charge in [0.15, 0.2) is 0 Å². The fraction of sp³-hybridized carbons (Fsp3) is 0.579. The minimum absolute atomic E-state index is 0.473. The maximum Gasteiger partial charge on any atom is 0.0616 e. The number of rotatable bonds is 2. The van der Waals surface area contributed by atoms with Crippen LogP contribution in [-0.4, -0.2) is 12.7 Å². The lowest BCUT2D eigenvalue weighted by Gasteiger charge is -2.25. The fourth-order valence-electron chi connectivity index (χ4n) is 4.68. The first-order valence-electron chi connectivity index (χ1n) is 8.18. The van der Waals surface area contributed by atoms with Crippen LogP contribution < -0.4 is 0 Å². The Morgan fingerprint density at radius 2 is 1.85 bits per heavy atom. The van der Waals surface area contributed by atoms with Crippen molar-refractivity contribution >= 4 is 0 Å². The van der Waals surface area contributed by atoms with Gasteiger partial charge in [-0.3, -0.25) is 0 Å². The lowest BCUT2D eigenvalue weighted by molar-refractivity contribution is 0.111. The van der Waals surface area contributed by atoms with Gasteiger partial charge in [0, 0.05) is 6.61 Å². The van der Waals surface area contributed by atoms with E-state index in [0.29, 0.717) is 12.0 Å². The molecular formula is C19H24O. The molecule has 1 heterocycles. The van der Waals surface area contributed by atoms with E-state index in [1.807, 2.05) is 0 Å². The van der Waals surface area contributed by atoms with Crippen molar-refractivity contribution in [2.75, 3.05) is 6.61 Å². The maximum atomic E-state index is 5.79. The molecule has 4 aliphatic rings. The van der Waals surface area contributed by atoms with Gasteiger partial charge in [-0.1, -0.05) is 49.5 Å². The summed E-state index contributed by atoms with van der Waals surface area (Å²) in [5, 5.41) is 0. The number of ether oxygens (including phenoxy) is 1. The fourth-order valence-corrected chi connectivity index (χ4v) is 4.68. The molecule has 0 radical (unpaired) electrons. The van der Waals surface area contributed by atoms with Crippen LogP contribution in [0.4, 0.5) is 0 Å². The molecule has 1 saturated heterocycles. The number of fused-ring (bicyclic) bond motifs is 3. The molecule has 0 aromatic heterocycles. The van der Waals surface area contributed by atoms with Crippen LogP contribution in [0.15, 0.2) is 48.1 Å². The van der Waals surface area contributed by atoms with Crippen molar-refractivity contribution in [3.63, 3.8) is 0 Å². The summed E-state index contributed by atoms with van der Waals surface area (Å²) < 4.78 is 5.79. The Labute approximate surface area is 122 Å². The summed E-state index contributed by atoms with van der Waals surface area (Å²) in [6.07, 6.45) is 20.8.